The zero-order chi connectivity index (χ0) is 26.5. The molecule has 0 spiro atoms. The fraction of sp³-hybridized carbons (Fsp3) is 0.214. The van der Waals surface area contributed by atoms with Crippen LogP contribution in [0.2, 0.25) is 20.1 Å². The average Bonchev–Trinajstić information content (AvgIpc) is 3.27. The van der Waals surface area contributed by atoms with Crippen molar-refractivity contribution >= 4 is 58.0 Å². The highest BCUT2D eigenvalue weighted by Crippen LogP contribution is 2.31. The molecular weight excluding hydrogens is 604 g/mol. The van der Waals surface area contributed by atoms with Crippen LogP contribution in [0.25, 0.3) is 0 Å². The van der Waals surface area contributed by atoms with Crippen molar-refractivity contribution in [1.29, 1.82) is 0 Å². The molecule has 0 bridgehead atoms. The van der Waals surface area contributed by atoms with Gasteiger partial charge in [0.2, 0.25) is 6.33 Å². The van der Waals surface area contributed by atoms with Crippen LogP contribution in [0, 0.1) is 13.8 Å². The Labute approximate surface area is 254 Å². The minimum absolute atomic E-state index is 0. The van der Waals surface area contributed by atoms with E-state index in [2.05, 4.69) is 5.32 Å². The van der Waals surface area contributed by atoms with Crippen molar-refractivity contribution in [2.45, 2.75) is 39.6 Å². The highest BCUT2D eigenvalue weighted by molar-refractivity contribution is 6.35. The van der Waals surface area contributed by atoms with Crippen molar-refractivity contribution in [2.75, 3.05) is 5.32 Å². The molecule has 4 rings (SSSR count). The maximum Gasteiger partial charge on any atom is 0.266 e. The zero-order valence-electron chi connectivity index (χ0n) is 21.2. The van der Waals surface area contributed by atoms with Gasteiger partial charge in [0.25, 0.3) is 5.91 Å². The number of carbonyl (C=O) groups excluding carboxylic acids is 1. The summed E-state index contributed by atoms with van der Waals surface area (Å²) in [7, 11) is 0. The fourth-order valence-electron chi connectivity index (χ4n) is 4.02. The number of aryl methyl sites for hydroxylation is 2. The molecule has 11 heteroatoms. The molecule has 0 radical (unpaired) electrons. The summed E-state index contributed by atoms with van der Waals surface area (Å²) in [4.78, 5) is 12.7. The standard InChI is InChI=1S/C28H25Cl4N3O2.ClH.H2O/c1-18-4-3-5-19(2)28(18)33-27(36)15-35-11-10-34(17-35)14-26(23-9-8-22(30)13-25(23)32)37-16-20-6-7-21(29)12-24(20)31;;/h3-13,17,26H,14-16H2,1-2H3;1H;1H2. The number of nitrogens with zero attached hydrogens (tertiary/aromatic N) is 2. The van der Waals surface area contributed by atoms with Gasteiger partial charge in [-0.1, -0.05) is 76.7 Å². The van der Waals surface area contributed by atoms with Gasteiger partial charge in [-0.3, -0.25) is 4.79 Å². The second-order valence-corrected chi connectivity index (χ2v) is 10.5. The number of amides is 1. The summed E-state index contributed by atoms with van der Waals surface area (Å²) in [6, 6.07) is 16.6. The number of para-hydroxylation sites is 1. The Morgan fingerprint density at radius 3 is 2.26 bits per heavy atom. The van der Waals surface area contributed by atoms with Crippen LogP contribution in [0.3, 0.4) is 0 Å². The van der Waals surface area contributed by atoms with E-state index in [-0.39, 0.29) is 36.9 Å². The Hall–Kier alpha value is -2.29. The first-order chi connectivity index (χ1) is 17.7. The number of ether oxygens (including phenoxy) is 1. The molecule has 3 N–H and O–H groups in total. The van der Waals surface area contributed by atoms with Crippen molar-refractivity contribution in [2.24, 2.45) is 0 Å². The Morgan fingerprint density at radius 1 is 0.974 bits per heavy atom. The number of carbonyl (C=O) groups is 1. The lowest BCUT2D eigenvalue weighted by atomic mass is 10.1. The van der Waals surface area contributed by atoms with Gasteiger partial charge >= 0.3 is 0 Å². The highest BCUT2D eigenvalue weighted by atomic mass is 35.5. The van der Waals surface area contributed by atoms with Gasteiger partial charge in [-0.2, -0.15) is 0 Å². The van der Waals surface area contributed by atoms with Crippen LogP contribution in [0.5, 0.6) is 0 Å². The summed E-state index contributed by atoms with van der Waals surface area (Å²) < 4.78 is 10.1. The first kappa shape index (κ1) is 32.9. The second-order valence-electron chi connectivity index (χ2n) is 8.80. The summed E-state index contributed by atoms with van der Waals surface area (Å²) in [6.07, 6.45) is 5.20. The molecule has 0 aliphatic rings. The van der Waals surface area contributed by atoms with Gasteiger partial charge in [-0.05, 0) is 54.8 Å². The molecule has 0 aliphatic carbocycles. The molecule has 0 aliphatic heterocycles. The molecule has 0 saturated carbocycles. The predicted molar refractivity (Wildman–Crippen MR) is 153 cm³/mol. The molecule has 39 heavy (non-hydrogen) atoms. The molecule has 1 aromatic heterocycles. The van der Waals surface area contributed by atoms with Crippen LogP contribution in [0.4, 0.5) is 5.69 Å². The van der Waals surface area contributed by atoms with Crippen molar-refractivity contribution in [1.82, 2.24) is 4.57 Å². The normalized spacial score (nSPS) is 11.3. The van der Waals surface area contributed by atoms with Crippen LogP contribution in [-0.4, -0.2) is 16.0 Å². The molecule has 1 amide bonds. The SMILES string of the molecule is Cc1cccc(C)c1NC(=O)Cn1cc[n+](CC(OCc2ccc(Cl)cc2Cl)c2ccc(Cl)cc2Cl)c1.O.[Cl-]. The Kier molecular flexibility index (Phi) is 12.6. The number of nitrogens with one attached hydrogen (secondary N) is 1. The number of benzene rings is 3. The molecule has 1 atom stereocenters. The maximum atomic E-state index is 12.7. The van der Waals surface area contributed by atoms with Crippen molar-refractivity contribution in [3.8, 4) is 0 Å². The number of aromatic nitrogens is 2. The van der Waals surface area contributed by atoms with Crippen molar-refractivity contribution < 1.29 is 32.0 Å². The van der Waals surface area contributed by atoms with E-state index in [0.717, 1.165) is 27.9 Å². The topological polar surface area (TPSA) is 78.6 Å². The second kappa shape index (κ2) is 14.9. The summed E-state index contributed by atoms with van der Waals surface area (Å²) in [6.45, 7) is 4.85. The molecule has 3 aromatic carbocycles. The van der Waals surface area contributed by atoms with Crippen LogP contribution in [-0.2, 0) is 29.2 Å². The largest absolute Gasteiger partial charge is 1.00 e. The van der Waals surface area contributed by atoms with Crippen LogP contribution in [0.1, 0.15) is 28.4 Å². The van der Waals surface area contributed by atoms with Gasteiger partial charge in [0.15, 0.2) is 6.54 Å². The van der Waals surface area contributed by atoms with Gasteiger partial charge in [0.1, 0.15) is 25.0 Å². The quantitative estimate of drug-likeness (QED) is 0.286. The maximum absolute atomic E-state index is 12.7. The minimum Gasteiger partial charge on any atom is -1.00 e. The predicted octanol–water partition coefficient (Wildman–Crippen LogP) is 3.78. The van der Waals surface area contributed by atoms with Crippen LogP contribution >= 0.6 is 46.4 Å². The number of hydrogen-bond donors (Lipinski definition) is 1. The Morgan fingerprint density at radius 2 is 1.62 bits per heavy atom. The van der Waals surface area contributed by atoms with E-state index < -0.39 is 6.10 Å². The number of rotatable bonds is 9. The Bertz CT molecular complexity index is 1410. The van der Waals surface area contributed by atoms with Crippen LogP contribution in [0.15, 0.2) is 73.3 Å². The first-order valence-corrected chi connectivity index (χ1v) is 13.1. The summed E-state index contributed by atoms with van der Waals surface area (Å²) in [5.41, 5.74) is 4.50. The highest BCUT2D eigenvalue weighted by Gasteiger charge is 2.21. The lowest BCUT2D eigenvalue weighted by molar-refractivity contribution is -0.704. The summed E-state index contributed by atoms with van der Waals surface area (Å²) in [5, 5.41) is 5.16. The molecule has 1 heterocycles. The lowest BCUT2D eigenvalue weighted by Crippen LogP contribution is -3.00. The van der Waals surface area contributed by atoms with Gasteiger partial charge in [0, 0.05) is 31.3 Å². The number of imidazole rings is 1. The number of halogens is 5. The third kappa shape index (κ3) is 8.85. The lowest BCUT2D eigenvalue weighted by Gasteiger charge is -2.19. The van der Waals surface area contributed by atoms with E-state index in [0.29, 0.717) is 26.6 Å². The molecule has 0 fully saturated rings. The van der Waals surface area contributed by atoms with Gasteiger partial charge < -0.3 is 27.9 Å². The van der Waals surface area contributed by atoms with E-state index in [1.54, 1.807) is 24.3 Å². The van der Waals surface area contributed by atoms with E-state index in [1.165, 1.54) is 0 Å². The van der Waals surface area contributed by atoms with E-state index in [9.17, 15) is 4.79 Å². The molecule has 1 unspecified atom stereocenters. The van der Waals surface area contributed by atoms with E-state index in [1.807, 2.05) is 72.0 Å². The average molecular weight is 632 g/mol. The van der Waals surface area contributed by atoms with Gasteiger partial charge in [0.05, 0.1) is 6.61 Å². The molecular formula is C28H28Cl5N3O3. The first-order valence-electron chi connectivity index (χ1n) is 11.6. The third-order valence-electron chi connectivity index (χ3n) is 5.96. The molecule has 208 valence electrons. The molecule has 6 nitrogen and oxygen atoms in total. The van der Waals surface area contributed by atoms with Crippen LogP contribution < -0.4 is 22.3 Å². The van der Waals surface area contributed by atoms with Crippen molar-refractivity contribution in [3.05, 3.63) is 116 Å². The van der Waals surface area contributed by atoms with E-state index >= 15 is 0 Å². The van der Waals surface area contributed by atoms with E-state index in [4.69, 9.17) is 51.1 Å². The molecule has 4 aromatic rings. The minimum atomic E-state index is -0.402. The van der Waals surface area contributed by atoms with Gasteiger partial charge in [-0.25, -0.2) is 9.13 Å². The van der Waals surface area contributed by atoms with Gasteiger partial charge in [-0.15, -0.1) is 0 Å². The van der Waals surface area contributed by atoms with Crippen molar-refractivity contribution in [3.63, 3.8) is 0 Å². The number of anilines is 1. The monoisotopic (exact) mass is 629 g/mol. The molecule has 0 saturated heterocycles. The zero-order valence-corrected chi connectivity index (χ0v) is 25.0. The summed E-state index contributed by atoms with van der Waals surface area (Å²) >= 11 is 25.0. The summed E-state index contributed by atoms with van der Waals surface area (Å²) in [5.74, 6) is -0.105. The number of hydrogen-bond acceptors (Lipinski definition) is 2. The smallest absolute Gasteiger partial charge is 0.266 e. The Balaban J connectivity index is 0.00000267. The third-order valence-corrected chi connectivity index (χ3v) is 7.11. The fourth-order valence-corrected chi connectivity index (χ4v) is 5.01.